The Morgan fingerprint density at radius 2 is 1.76 bits per heavy atom. The molecule has 33 heavy (non-hydrogen) atoms. The predicted octanol–water partition coefficient (Wildman–Crippen LogP) is 2.16. The summed E-state index contributed by atoms with van der Waals surface area (Å²) in [6.45, 7) is 8.40. The quantitative estimate of drug-likeness (QED) is 0.508. The average Bonchev–Trinajstić information content (AvgIpc) is 3.20. The molecule has 0 atom stereocenters. The molecule has 1 fully saturated rings. The van der Waals surface area contributed by atoms with E-state index in [0.717, 1.165) is 37.6 Å². The van der Waals surface area contributed by atoms with Gasteiger partial charge in [0.15, 0.2) is 5.65 Å². The fraction of sp³-hybridized carbons (Fsp3) is 0.400. The summed E-state index contributed by atoms with van der Waals surface area (Å²) >= 11 is 0. The van der Waals surface area contributed by atoms with Crippen molar-refractivity contribution in [1.82, 2.24) is 24.2 Å². The van der Waals surface area contributed by atoms with E-state index in [2.05, 4.69) is 54.4 Å². The number of anilines is 1. The average molecular weight is 447 g/mol. The van der Waals surface area contributed by atoms with Gasteiger partial charge >= 0.3 is 5.69 Å². The van der Waals surface area contributed by atoms with Gasteiger partial charge in [-0.3, -0.25) is 13.9 Å². The lowest BCUT2D eigenvalue weighted by molar-refractivity contribution is 0.497. The smallest absolute Gasteiger partial charge is 0.332 e. The molecule has 4 aromatic rings. The molecule has 1 N–H and O–H groups in total. The molecule has 0 aliphatic carbocycles. The van der Waals surface area contributed by atoms with Crippen LogP contribution in [0.1, 0.15) is 19.4 Å². The third-order valence-electron chi connectivity index (χ3n) is 6.36. The van der Waals surface area contributed by atoms with Gasteiger partial charge in [0.25, 0.3) is 5.56 Å². The number of benzene rings is 2. The fourth-order valence-electron chi connectivity index (χ4n) is 4.78. The maximum Gasteiger partial charge on any atom is 0.332 e. The highest BCUT2D eigenvalue weighted by atomic mass is 16.2. The van der Waals surface area contributed by atoms with Crippen LogP contribution in [0.15, 0.2) is 52.1 Å². The van der Waals surface area contributed by atoms with Crippen molar-refractivity contribution in [2.75, 3.05) is 31.1 Å². The lowest BCUT2D eigenvalue weighted by Gasteiger charge is -2.29. The summed E-state index contributed by atoms with van der Waals surface area (Å²) < 4.78 is 4.81. The van der Waals surface area contributed by atoms with Crippen LogP contribution >= 0.6 is 0 Å². The molecule has 1 aliphatic heterocycles. The second-order valence-electron chi connectivity index (χ2n) is 9.21. The molecule has 1 aliphatic rings. The molecule has 8 heteroatoms. The van der Waals surface area contributed by atoms with E-state index in [9.17, 15) is 9.59 Å². The summed E-state index contributed by atoms with van der Waals surface area (Å²) in [7, 11) is 1.56. The van der Waals surface area contributed by atoms with Crippen molar-refractivity contribution in [3.63, 3.8) is 0 Å². The molecular formula is C25H30N6O2. The number of aromatic nitrogens is 4. The molecule has 2 aromatic heterocycles. The maximum atomic E-state index is 13.4. The van der Waals surface area contributed by atoms with E-state index in [1.54, 1.807) is 11.6 Å². The van der Waals surface area contributed by atoms with Gasteiger partial charge < -0.3 is 10.2 Å². The van der Waals surface area contributed by atoms with Gasteiger partial charge in [0.05, 0.1) is 6.54 Å². The number of nitrogens with zero attached hydrogens (tertiary/aromatic N) is 5. The minimum Gasteiger partial charge on any atom is -0.354 e. The summed E-state index contributed by atoms with van der Waals surface area (Å²) in [6, 6.07) is 14.6. The molecule has 3 heterocycles. The zero-order chi connectivity index (χ0) is 23.1. The maximum absolute atomic E-state index is 13.4. The summed E-state index contributed by atoms with van der Waals surface area (Å²) in [5, 5.41) is 11.2. The molecule has 0 saturated carbocycles. The topological polar surface area (TPSA) is 77.1 Å². The fourth-order valence-corrected chi connectivity index (χ4v) is 4.78. The van der Waals surface area contributed by atoms with Crippen molar-refractivity contribution in [1.29, 1.82) is 0 Å². The van der Waals surface area contributed by atoms with Crippen molar-refractivity contribution in [2.24, 2.45) is 13.0 Å². The molecule has 0 bridgehead atoms. The number of piperazine rings is 1. The minimum atomic E-state index is -0.317. The van der Waals surface area contributed by atoms with E-state index in [4.69, 9.17) is 5.10 Å². The summed E-state index contributed by atoms with van der Waals surface area (Å²) in [5.41, 5.74) is 1.01. The Morgan fingerprint density at radius 1 is 1.03 bits per heavy atom. The number of nitrogens with one attached hydrogen (secondary N) is 1. The van der Waals surface area contributed by atoms with E-state index in [0.29, 0.717) is 24.1 Å². The third-order valence-corrected chi connectivity index (χ3v) is 6.36. The van der Waals surface area contributed by atoms with E-state index < -0.39 is 0 Å². The molecule has 0 unspecified atom stereocenters. The van der Waals surface area contributed by atoms with Crippen LogP contribution in [-0.2, 0) is 20.1 Å². The number of fused-ring (bicyclic) bond motifs is 2. The van der Waals surface area contributed by atoms with Gasteiger partial charge in [0.2, 0.25) is 0 Å². The Bertz CT molecular complexity index is 1430. The van der Waals surface area contributed by atoms with Crippen molar-refractivity contribution < 1.29 is 0 Å². The monoisotopic (exact) mass is 446 g/mol. The van der Waals surface area contributed by atoms with Gasteiger partial charge in [0.1, 0.15) is 11.2 Å². The Labute approximate surface area is 192 Å². The van der Waals surface area contributed by atoms with E-state index in [1.165, 1.54) is 15.3 Å². The molecular weight excluding hydrogens is 416 g/mol. The first kappa shape index (κ1) is 21.5. The van der Waals surface area contributed by atoms with Crippen LogP contribution in [0.3, 0.4) is 0 Å². The second kappa shape index (κ2) is 8.51. The van der Waals surface area contributed by atoms with Gasteiger partial charge in [-0.2, -0.15) is 5.10 Å². The van der Waals surface area contributed by atoms with E-state index >= 15 is 0 Å². The lowest BCUT2D eigenvalue weighted by Crippen LogP contribution is -2.45. The second-order valence-corrected chi connectivity index (χ2v) is 9.21. The van der Waals surface area contributed by atoms with Gasteiger partial charge in [-0.15, -0.1) is 0 Å². The van der Waals surface area contributed by atoms with Crippen LogP contribution in [0.4, 0.5) is 5.82 Å². The largest absolute Gasteiger partial charge is 0.354 e. The lowest BCUT2D eigenvalue weighted by atomic mass is 10.0. The number of rotatable bonds is 5. The first-order valence-electron chi connectivity index (χ1n) is 11.6. The predicted molar refractivity (Wildman–Crippen MR) is 132 cm³/mol. The number of hydrogen-bond donors (Lipinski definition) is 1. The van der Waals surface area contributed by atoms with Crippen LogP contribution in [0, 0.1) is 5.92 Å². The van der Waals surface area contributed by atoms with E-state index in [-0.39, 0.29) is 17.2 Å². The number of hydrogen-bond acceptors (Lipinski definition) is 5. The van der Waals surface area contributed by atoms with Crippen molar-refractivity contribution >= 4 is 27.6 Å². The van der Waals surface area contributed by atoms with Crippen molar-refractivity contribution in [2.45, 2.75) is 26.9 Å². The Hall–Kier alpha value is -3.39. The van der Waals surface area contributed by atoms with E-state index in [1.807, 2.05) is 16.8 Å². The molecule has 2 aromatic carbocycles. The molecule has 0 spiro atoms. The third kappa shape index (κ3) is 3.74. The highest BCUT2D eigenvalue weighted by Gasteiger charge is 2.26. The zero-order valence-corrected chi connectivity index (χ0v) is 19.4. The minimum absolute atomic E-state index is 0.245. The van der Waals surface area contributed by atoms with Crippen LogP contribution in [0.25, 0.3) is 21.8 Å². The molecule has 0 amide bonds. The van der Waals surface area contributed by atoms with Crippen LogP contribution in [0.5, 0.6) is 0 Å². The Kier molecular flexibility index (Phi) is 5.54. The summed E-state index contributed by atoms with van der Waals surface area (Å²) in [4.78, 5) is 28.6. The standard InChI is InChI=1S/C25H30N6O2/c1-17(2)15-30-22-21(24(32)28(3)25(30)33)23(29-13-11-26-12-14-29)31(27-22)16-19-9-6-8-18-7-4-5-10-20(18)19/h4-10,17,26H,11-16H2,1-3H3. The van der Waals surface area contributed by atoms with Gasteiger partial charge in [-0.25, -0.2) is 9.48 Å². The highest BCUT2D eigenvalue weighted by Crippen LogP contribution is 2.27. The van der Waals surface area contributed by atoms with Crippen molar-refractivity contribution in [3.8, 4) is 0 Å². The summed E-state index contributed by atoms with van der Waals surface area (Å²) in [6.07, 6.45) is 0. The highest BCUT2D eigenvalue weighted by molar-refractivity contribution is 5.89. The summed E-state index contributed by atoms with van der Waals surface area (Å²) in [5.74, 6) is 1.05. The van der Waals surface area contributed by atoms with Crippen LogP contribution in [-0.4, -0.2) is 45.1 Å². The normalized spacial score (nSPS) is 14.6. The molecule has 1 saturated heterocycles. The first-order chi connectivity index (χ1) is 16.0. The Morgan fingerprint density at radius 3 is 2.52 bits per heavy atom. The molecule has 0 radical (unpaired) electrons. The van der Waals surface area contributed by atoms with Crippen LogP contribution < -0.4 is 21.5 Å². The SMILES string of the molecule is CC(C)Cn1c(=O)n(C)c(=O)c2c(N3CCNCC3)n(Cc3cccc4ccccc34)nc21. The Balaban J connectivity index is 1.77. The first-order valence-corrected chi connectivity index (χ1v) is 11.6. The van der Waals surface area contributed by atoms with Crippen molar-refractivity contribution in [3.05, 3.63) is 68.9 Å². The van der Waals surface area contributed by atoms with Gasteiger partial charge in [0, 0.05) is 39.8 Å². The molecule has 8 nitrogen and oxygen atoms in total. The molecule has 172 valence electrons. The van der Waals surface area contributed by atoms with Crippen LogP contribution in [0.2, 0.25) is 0 Å². The van der Waals surface area contributed by atoms with Gasteiger partial charge in [-0.1, -0.05) is 56.3 Å². The van der Waals surface area contributed by atoms with Gasteiger partial charge in [-0.05, 0) is 22.3 Å². The zero-order valence-electron chi connectivity index (χ0n) is 19.4. The molecule has 5 rings (SSSR count).